The topological polar surface area (TPSA) is 20.3 Å². The first-order valence-electron chi connectivity index (χ1n) is 10.1. The van der Waals surface area contributed by atoms with Crippen molar-refractivity contribution in [2.24, 2.45) is 0 Å². The molecule has 0 N–H and O–H groups in total. The van der Waals surface area contributed by atoms with Crippen molar-refractivity contribution in [1.82, 2.24) is 4.90 Å². The molecule has 29 heavy (non-hydrogen) atoms. The van der Waals surface area contributed by atoms with Crippen molar-refractivity contribution in [1.29, 1.82) is 0 Å². The van der Waals surface area contributed by atoms with Gasteiger partial charge in [-0.1, -0.05) is 69.3 Å². The summed E-state index contributed by atoms with van der Waals surface area (Å²) in [7, 11) is 0. The molecule has 0 unspecified atom stereocenters. The van der Waals surface area contributed by atoms with Crippen molar-refractivity contribution in [3.05, 3.63) is 106 Å². The van der Waals surface area contributed by atoms with E-state index in [9.17, 15) is 9.18 Å². The molecule has 3 aromatic rings. The Kier molecular flexibility index (Phi) is 4.99. The van der Waals surface area contributed by atoms with E-state index in [0.29, 0.717) is 12.1 Å². The van der Waals surface area contributed by atoms with E-state index >= 15 is 0 Å². The minimum absolute atomic E-state index is 0.00860. The Morgan fingerprint density at radius 1 is 0.931 bits per heavy atom. The highest BCUT2D eigenvalue weighted by Gasteiger charge is 2.32. The number of nitrogens with zero attached hydrogens (tertiary/aromatic N) is 1. The van der Waals surface area contributed by atoms with Gasteiger partial charge in [0.2, 0.25) is 0 Å². The van der Waals surface area contributed by atoms with E-state index < -0.39 is 0 Å². The Labute approximate surface area is 172 Å². The van der Waals surface area contributed by atoms with Gasteiger partial charge in [-0.05, 0) is 58.4 Å². The van der Waals surface area contributed by atoms with Crippen molar-refractivity contribution in [2.75, 3.05) is 6.54 Å². The Bertz CT molecular complexity index is 1020. The number of amides is 1. The van der Waals surface area contributed by atoms with Gasteiger partial charge >= 0.3 is 0 Å². The van der Waals surface area contributed by atoms with Gasteiger partial charge < -0.3 is 4.90 Å². The second-order valence-electron chi connectivity index (χ2n) is 8.73. The van der Waals surface area contributed by atoms with E-state index in [-0.39, 0.29) is 23.2 Å². The van der Waals surface area contributed by atoms with Crippen LogP contribution in [0.4, 0.5) is 4.39 Å². The highest BCUT2D eigenvalue weighted by molar-refractivity contribution is 5.95. The van der Waals surface area contributed by atoms with Crippen LogP contribution in [0.2, 0.25) is 0 Å². The van der Waals surface area contributed by atoms with E-state index in [1.165, 1.54) is 23.3 Å². The minimum Gasteiger partial charge on any atom is -0.327 e. The zero-order chi connectivity index (χ0) is 20.6. The second-order valence-corrected chi connectivity index (χ2v) is 8.73. The predicted molar refractivity (Wildman–Crippen MR) is 115 cm³/mol. The highest BCUT2D eigenvalue weighted by Crippen LogP contribution is 2.36. The minimum atomic E-state index is -0.270. The van der Waals surface area contributed by atoms with Crippen molar-refractivity contribution in [3.63, 3.8) is 0 Å². The van der Waals surface area contributed by atoms with Crippen LogP contribution >= 0.6 is 0 Å². The van der Waals surface area contributed by atoms with Crippen LogP contribution < -0.4 is 0 Å². The Hall–Kier alpha value is -2.94. The molecule has 2 nitrogen and oxygen atoms in total. The molecule has 0 saturated carbocycles. The van der Waals surface area contributed by atoms with Crippen LogP contribution in [0, 0.1) is 5.82 Å². The summed E-state index contributed by atoms with van der Waals surface area (Å²) < 4.78 is 13.5. The molecule has 0 aliphatic carbocycles. The number of carbonyl (C=O) groups is 1. The number of hydrogen-bond donors (Lipinski definition) is 0. The molecule has 3 heteroatoms. The molecule has 0 saturated heterocycles. The van der Waals surface area contributed by atoms with Crippen LogP contribution in [0.25, 0.3) is 0 Å². The quantitative estimate of drug-likeness (QED) is 0.535. The summed E-state index contributed by atoms with van der Waals surface area (Å²) in [5.74, 6) is -0.261. The average Bonchev–Trinajstić information content (AvgIpc) is 2.72. The van der Waals surface area contributed by atoms with E-state index in [1.54, 1.807) is 12.1 Å². The second kappa shape index (κ2) is 7.47. The van der Waals surface area contributed by atoms with E-state index in [0.717, 1.165) is 17.5 Å². The summed E-state index contributed by atoms with van der Waals surface area (Å²) in [6.07, 6.45) is 0.819. The average molecular weight is 387 g/mol. The van der Waals surface area contributed by atoms with Crippen molar-refractivity contribution in [2.45, 2.75) is 38.6 Å². The molecule has 1 atom stereocenters. The first-order valence-corrected chi connectivity index (χ1v) is 10.1. The van der Waals surface area contributed by atoms with Crippen LogP contribution in [0.3, 0.4) is 0 Å². The van der Waals surface area contributed by atoms with Gasteiger partial charge in [-0.15, -0.1) is 0 Å². The molecule has 4 rings (SSSR count). The van der Waals surface area contributed by atoms with Gasteiger partial charge in [-0.3, -0.25) is 4.79 Å². The SMILES string of the molecule is CC(C)(C)c1ccc(C(=O)N2CCc3ccccc3[C@H]2c2ccc(F)cc2)cc1. The van der Waals surface area contributed by atoms with Crippen LogP contribution in [0.15, 0.2) is 72.8 Å². The van der Waals surface area contributed by atoms with E-state index in [2.05, 4.69) is 32.9 Å². The molecular weight excluding hydrogens is 361 g/mol. The summed E-state index contributed by atoms with van der Waals surface area (Å²) in [5.41, 5.74) is 5.22. The Morgan fingerprint density at radius 3 is 2.24 bits per heavy atom. The van der Waals surface area contributed by atoms with Gasteiger partial charge in [-0.25, -0.2) is 4.39 Å². The predicted octanol–water partition coefficient (Wildman–Crippen LogP) is 5.91. The normalized spacial score (nSPS) is 16.4. The molecule has 0 bridgehead atoms. The lowest BCUT2D eigenvalue weighted by Crippen LogP contribution is -2.40. The fraction of sp³-hybridized carbons (Fsp3) is 0.269. The summed E-state index contributed by atoms with van der Waals surface area (Å²) in [4.78, 5) is 15.4. The van der Waals surface area contributed by atoms with E-state index in [4.69, 9.17) is 0 Å². The molecule has 1 heterocycles. The molecule has 0 aromatic heterocycles. The summed E-state index contributed by atoms with van der Waals surface area (Å²) in [6.45, 7) is 7.13. The van der Waals surface area contributed by atoms with Crippen molar-refractivity contribution in [3.8, 4) is 0 Å². The monoisotopic (exact) mass is 387 g/mol. The Morgan fingerprint density at radius 2 is 1.59 bits per heavy atom. The van der Waals surface area contributed by atoms with Crippen molar-refractivity contribution >= 4 is 5.91 Å². The maximum absolute atomic E-state index is 13.5. The third-order valence-corrected chi connectivity index (χ3v) is 5.73. The maximum atomic E-state index is 13.5. The van der Waals surface area contributed by atoms with Crippen LogP contribution in [0.5, 0.6) is 0 Å². The lowest BCUT2D eigenvalue weighted by atomic mass is 9.86. The summed E-state index contributed by atoms with van der Waals surface area (Å²) in [5, 5.41) is 0. The van der Waals surface area contributed by atoms with Crippen LogP contribution in [-0.4, -0.2) is 17.4 Å². The molecule has 0 spiro atoms. The third kappa shape index (κ3) is 3.82. The lowest BCUT2D eigenvalue weighted by Gasteiger charge is -2.38. The maximum Gasteiger partial charge on any atom is 0.254 e. The van der Waals surface area contributed by atoms with E-state index in [1.807, 2.05) is 41.3 Å². The smallest absolute Gasteiger partial charge is 0.254 e. The first kappa shape index (κ1) is 19.4. The first-order chi connectivity index (χ1) is 13.8. The highest BCUT2D eigenvalue weighted by atomic mass is 19.1. The number of carbonyl (C=O) groups excluding carboxylic acids is 1. The van der Waals surface area contributed by atoms with Crippen LogP contribution in [-0.2, 0) is 11.8 Å². The molecule has 1 aliphatic rings. The van der Waals surface area contributed by atoms with Gasteiger partial charge in [0, 0.05) is 12.1 Å². The lowest BCUT2D eigenvalue weighted by molar-refractivity contribution is 0.0694. The van der Waals surface area contributed by atoms with Crippen LogP contribution in [0.1, 0.15) is 59.4 Å². The molecule has 1 amide bonds. The van der Waals surface area contributed by atoms with Gasteiger partial charge in [0.15, 0.2) is 0 Å². The number of benzene rings is 3. The van der Waals surface area contributed by atoms with Gasteiger partial charge in [-0.2, -0.15) is 0 Å². The largest absolute Gasteiger partial charge is 0.327 e. The van der Waals surface area contributed by atoms with Gasteiger partial charge in [0.25, 0.3) is 5.91 Å². The van der Waals surface area contributed by atoms with Crippen molar-refractivity contribution < 1.29 is 9.18 Å². The Balaban J connectivity index is 1.73. The molecule has 0 fully saturated rings. The molecule has 148 valence electrons. The number of rotatable bonds is 2. The summed E-state index contributed by atoms with van der Waals surface area (Å²) in [6, 6.07) is 22.4. The number of hydrogen-bond acceptors (Lipinski definition) is 1. The van der Waals surface area contributed by atoms with Gasteiger partial charge in [0.1, 0.15) is 5.82 Å². The number of fused-ring (bicyclic) bond motifs is 1. The molecule has 0 radical (unpaired) electrons. The summed E-state index contributed by atoms with van der Waals surface area (Å²) >= 11 is 0. The fourth-order valence-corrected chi connectivity index (χ4v) is 4.07. The number of halogens is 1. The zero-order valence-electron chi connectivity index (χ0n) is 17.2. The molecule has 3 aromatic carbocycles. The zero-order valence-corrected chi connectivity index (χ0v) is 17.2. The molecule has 1 aliphatic heterocycles. The fourth-order valence-electron chi connectivity index (χ4n) is 4.07. The molecular formula is C26H26FNO. The standard InChI is InChI=1S/C26H26FNO/c1-26(2,3)21-12-8-20(9-13-21)25(29)28-17-16-18-6-4-5-7-23(18)24(28)19-10-14-22(27)15-11-19/h4-15,24H,16-17H2,1-3H3/t24-/m1/s1. The third-order valence-electron chi connectivity index (χ3n) is 5.73. The van der Waals surface area contributed by atoms with Gasteiger partial charge in [0.05, 0.1) is 6.04 Å².